The number of nitrogens with one attached hydrogen (secondary N) is 1. The van der Waals surface area contributed by atoms with Crippen molar-refractivity contribution in [2.24, 2.45) is 5.73 Å². The highest BCUT2D eigenvalue weighted by Gasteiger charge is 2.29. The van der Waals surface area contributed by atoms with Gasteiger partial charge in [-0.1, -0.05) is 0 Å². The summed E-state index contributed by atoms with van der Waals surface area (Å²) in [6.45, 7) is 2.94. The number of carbonyl (C=O) groups is 3. The summed E-state index contributed by atoms with van der Waals surface area (Å²) in [7, 11) is 0. The molecule has 0 aromatic heterocycles. The van der Waals surface area contributed by atoms with Crippen LogP contribution in [0.2, 0.25) is 0 Å². The number of carbonyl (C=O) groups excluding carboxylic acids is 3. The van der Waals surface area contributed by atoms with Crippen LogP contribution in [0.1, 0.15) is 17.3 Å². The Bertz CT molecular complexity index is 660. The summed E-state index contributed by atoms with van der Waals surface area (Å²) in [6.07, 6.45) is 0. The second-order valence-electron chi connectivity index (χ2n) is 5.48. The third-order valence-electron chi connectivity index (χ3n) is 3.94. The monoisotopic (exact) mass is 340 g/mol. The van der Waals surface area contributed by atoms with E-state index in [2.05, 4.69) is 0 Å². The number of benzene rings is 1. The maximum atomic E-state index is 13.7. The number of urea groups is 1. The maximum Gasteiger partial charge on any atom is 0.318 e. The van der Waals surface area contributed by atoms with Gasteiger partial charge in [-0.15, -0.1) is 0 Å². The van der Waals surface area contributed by atoms with Crippen molar-refractivity contribution in [3.63, 3.8) is 0 Å². The number of imide groups is 1. The minimum Gasteiger partial charge on any atom is -0.351 e. The molecule has 7 nitrogen and oxygen atoms in total. The van der Waals surface area contributed by atoms with Crippen LogP contribution in [0.5, 0.6) is 0 Å². The Kier molecular flexibility index (Phi) is 5.45. The van der Waals surface area contributed by atoms with Crippen molar-refractivity contribution in [2.45, 2.75) is 13.0 Å². The van der Waals surface area contributed by atoms with Gasteiger partial charge in [0, 0.05) is 32.2 Å². The van der Waals surface area contributed by atoms with Crippen molar-refractivity contribution < 1.29 is 23.2 Å². The van der Waals surface area contributed by atoms with Gasteiger partial charge in [-0.05, 0) is 19.1 Å². The number of rotatable bonds is 3. The first-order chi connectivity index (χ1) is 11.3. The standard InChI is InChI=1S/C15H18F2N4O3/c1-9(13(22)19-15(18)24)20-4-6-21(7-5-20)14(23)11-3-2-10(16)8-12(11)17/h2-3,8-9H,4-7H2,1H3,(H3,18,19,22,24). The normalized spacial score (nSPS) is 16.5. The Morgan fingerprint density at radius 3 is 2.33 bits per heavy atom. The van der Waals surface area contributed by atoms with Gasteiger partial charge >= 0.3 is 6.03 Å². The lowest BCUT2D eigenvalue weighted by Gasteiger charge is -2.37. The molecule has 0 spiro atoms. The predicted octanol–water partition coefficient (Wildman–Crippen LogP) is 0.306. The molecule has 0 saturated carbocycles. The molecule has 1 aromatic rings. The molecule has 1 saturated heterocycles. The molecule has 1 aliphatic rings. The van der Waals surface area contributed by atoms with Gasteiger partial charge in [-0.25, -0.2) is 13.6 Å². The largest absolute Gasteiger partial charge is 0.351 e. The van der Waals surface area contributed by atoms with Gasteiger partial charge in [0.1, 0.15) is 11.6 Å². The Hall–Kier alpha value is -2.55. The minimum absolute atomic E-state index is 0.190. The topological polar surface area (TPSA) is 95.7 Å². The summed E-state index contributed by atoms with van der Waals surface area (Å²) in [6, 6.07) is 1.30. The molecule has 1 fully saturated rings. The van der Waals surface area contributed by atoms with E-state index in [9.17, 15) is 23.2 Å². The van der Waals surface area contributed by atoms with E-state index in [0.717, 1.165) is 12.1 Å². The summed E-state index contributed by atoms with van der Waals surface area (Å²) < 4.78 is 26.6. The molecule has 4 amide bonds. The predicted molar refractivity (Wildman–Crippen MR) is 81.0 cm³/mol. The molecule has 0 radical (unpaired) electrons. The summed E-state index contributed by atoms with van der Waals surface area (Å²) in [5.41, 5.74) is 4.72. The molecule has 1 heterocycles. The fourth-order valence-electron chi connectivity index (χ4n) is 2.54. The zero-order chi connectivity index (χ0) is 17.9. The van der Waals surface area contributed by atoms with Crippen LogP contribution in [0.3, 0.4) is 0 Å². The number of amides is 4. The van der Waals surface area contributed by atoms with E-state index in [0.29, 0.717) is 19.2 Å². The fourth-order valence-corrected chi connectivity index (χ4v) is 2.54. The Morgan fingerprint density at radius 1 is 1.17 bits per heavy atom. The molecule has 0 bridgehead atoms. The van der Waals surface area contributed by atoms with Crippen LogP contribution in [-0.4, -0.2) is 59.9 Å². The van der Waals surface area contributed by atoms with Crippen LogP contribution in [0.4, 0.5) is 13.6 Å². The van der Waals surface area contributed by atoms with Crippen LogP contribution < -0.4 is 11.1 Å². The maximum absolute atomic E-state index is 13.7. The summed E-state index contributed by atoms with van der Waals surface area (Å²) >= 11 is 0. The van der Waals surface area contributed by atoms with Crippen molar-refractivity contribution in [2.75, 3.05) is 26.2 Å². The molecule has 2 rings (SSSR count). The summed E-state index contributed by atoms with van der Waals surface area (Å²) in [5.74, 6) is -2.70. The van der Waals surface area contributed by atoms with E-state index < -0.39 is 35.5 Å². The van der Waals surface area contributed by atoms with E-state index in [4.69, 9.17) is 5.73 Å². The molecule has 24 heavy (non-hydrogen) atoms. The summed E-state index contributed by atoms with van der Waals surface area (Å²) in [5, 5.41) is 2.01. The highest BCUT2D eigenvalue weighted by atomic mass is 19.1. The highest BCUT2D eigenvalue weighted by molar-refractivity contribution is 5.96. The Morgan fingerprint density at radius 2 is 1.79 bits per heavy atom. The zero-order valence-corrected chi connectivity index (χ0v) is 13.1. The van der Waals surface area contributed by atoms with Crippen molar-refractivity contribution in [1.82, 2.24) is 15.1 Å². The van der Waals surface area contributed by atoms with Gasteiger partial charge in [0.05, 0.1) is 11.6 Å². The van der Waals surface area contributed by atoms with Crippen molar-refractivity contribution in [3.8, 4) is 0 Å². The first-order valence-corrected chi connectivity index (χ1v) is 7.38. The number of halogens is 2. The second-order valence-corrected chi connectivity index (χ2v) is 5.48. The third-order valence-corrected chi connectivity index (χ3v) is 3.94. The molecule has 1 unspecified atom stereocenters. The number of nitrogens with two attached hydrogens (primary N) is 1. The SMILES string of the molecule is CC(C(=O)NC(N)=O)N1CCN(C(=O)c2ccc(F)cc2F)CC1. The lowest BCUT2D eigenvalue weighted by Crippen LogP contribution is -2.56. The lowest BCUT2D eigenvalue weighted by molar-refractivity contribution is -0.125. The first kappa shape index (κ1) is 17.8. The van der Waals surface area contributed by atoms with Crippen molar-refractivity contribution >= 4 is 17.8 Å². The molecule has 3 N–H and O–H groups in total. The second kappa shape index (κ2) is 7.35. The molecule has 1 atom stereocenters. The van der Waals surface area contributed by atoms with Crippen molar-refractivity contribution in [1.29, 1.82) is 0 Å². The molecular weight excluding hydrogens is 322 g/mol. The van der Waals surface area contributed by atoms with Gasteiger partial charge < -0.3 is 10.6 Å². The Balaban J connectivity index is 1.96. The molecule has 9 heteroatoms. The molecular formula is C15H18F2N4O3. The average molecular weight is 340 g/mol. The molecule has 1 aliphatic heterocycles. The minimum atomic E-state index is -0.924. The van der Waals surface area contributed by atoms with E-state index >= 15 is 0 Å². The van der Waals surface area contributed by atoms with Gasteiger partial charge in [-0.3, -0.25) is 19.8 Å². The first-order valence-electron chi connectivity index (χ1n) is 7.38. The number of hydrogen-bond donors (Lipinski definition) is 2. The molecule has 130 valence electrons. The van der Waals surface area contributed by atoms with Gasteiger partial charge in [0.15, 0.2) is 0 Å². The van der Waals surface area contributed by atoms with Crippen molar-refractivity contribution in [3.05, 3.63) is 35.4 Å². The average Bonchev–Trinajstić information content (AvgIpc) is 2.53. The van der Waals surface area contributed by atoms with E-state index in [1.165, 1.54) is 4.90 Å². The quantitative estimate of drug-likeness (QED) is 0.828. The molecule has 0 aliphatic carbocycles. The Labute approximate surface area is 137 Å². The smallest absolute Gasteiger partial charge is 0.318 e. The van der Waals surface area contributed by atoms with Crippen LogP contribution in [-0.2, 0) is 4.79 Å². The number of nitrogens with zero attached hydrogens (tertiary/aromatic N) is 2. The number of piperazine rings is 1. The van der Waals surface area contributed by atoms with E-state index in [-0.39, 0.29) is 18.7 Å². The van der Waals surface area contributed by atoms with Gasteiger partial charge in [0.2, 0.25) is 5.91 Å². The van der Waals surface area contributed by atoms with E-state index in [1.807, 2.05) is 5.32 Å². The van der Waals surface area contributed by atoms with Crippen LogP contribution >= 0.6 is 0 Å². The van der Waals surface area contributed by atoms with E-state index in [1.54, 1.807) is 11.8 Å². The fraction of sp³-hybridized carbons (Fsp3) is 0.400. The van der Waals surface area contributed by atoms with Gasteiger partial charge in [-0.2, -0.15) is 0 Å². The number of primary amides is 1. The van der Waals surface area contributed by atoms with Crippen LogP contribution in [0.15, 0.2) is 18.2 Å². The van der Waals surface area contributed by atoms with Crippen LogP contribution in [0.25, 0.3) is 0 Å². The highest BCUT2D eigenvalue weighted by Crippen LogP contribution is 2.15. The number of hydrogen-bond acceptors (Lipinski definition) is 4. The van der Waals surface area contributed by atoms with Crippen LogP contribution in [0, 0.1) is 11.6 Å². The molecule has 1 aromatic carbocycles. The van der Waals surface area contributed by atoms with Gasteiger partial charge in [0.25, 0.3) is 5.91 Å². The lowest BCUT2D eigenvalue weighted by atomic mass is 10.1. The third kappa shape index (κ3) is 4.05. The summed E-state index contributed by atoms with van der Waals surface area (Å²) in [4.78, 5) is 38.0. The zero-order valence-electron chi connectivity index (χ0n) is 13.1.